The molecule has 0 atom stereocenters. The summed E-state index contributed by atoms with van der Waals surface area (Å²) in [5.74, 6) is 0. The average Bonchev–Trinajstić information content (AvgIpc) is 1.95. The maximum absolute atomic E-state index is 9.98. The lowest BCUT2D eigenvalue weighted by molar-refractivity contribution is -0.104. The molecular weight excluding hydrogens is 150 g/mol. The van der Waals surface area contributed by atoms with Crippen molar-refractivity contribution in [3.05, 3.63) is 23.9 Å². The highest BCUT2D eigenvalue weighted by Crippen LogP contribution is 2.00. The van der Waals surface area contributed by atoms with E-state index in [1.165, 1.54) is 6.08 Å². The molecular formula is C10H17NO. The Labute approximate surface area is 74.4 Å². The second-order valence-corrected chi connectivity index (χ2v) is 3.78. The van der Waals surface area contributed by atoms with Crippen molar-refractivity contribution in [1.82, 2.24) is 5.32 Å². The smallest absolute Gasteiger partial charge is 0.142 e. The molecule has 2 nitrogen and oxygen atoms in total. The van der Waals surface area contributed by atoms with Gasteiger partial charge in [0.2, 0.25) is 0 Å². The number of nitrogens with one attached hydrogen (secondary N) is 1. The highest BCUT2D eigenvalue weighted by atomic mass is 16.1. The molecule has 0 bridgehead atoms. The lowest BCUT2D eigenvalue weighted by Gasteiger charge is -2.18. The standard InChI is InChI=1S/C10H17NO/c1-9(6-5-7-12)8-11-10(2,3)4/h5-8,11H,1-4H3/b6-5+,9-8+. The van der Waals surface area contributed by atoms with Crippen LogP contribution in [0, 0.1) is 0 Å². The molecule has 0 aliphatic carbocycles. The second kappa shape index (κ2) is 4.75. The van der Waals surface area contributed by atoms with Crippen molar-refractivity contribution in [2.24, 2.45) is 0 Å². The van der Waals surface area contributed by atoms with Crippen LogP contribution in [-0.2, 0) is 4.79 Å². The molecule has 0 radical (unpaired) electrons. The minimum atomic E-state index is 0.0796. The molecule has 0 unspecified atom stereocenters. The summed E-state index contributed by atoms with van der Waals surface area (Å²) < 4.78 is 0. The zero-order chi connectivity index (χ0) is 9.61. The van der Waals surface area contributed by atoms with Crippen LogP contribution in [0.3, 0.4) is 0 Å². The molecule has 1 N–H and O–H groups in total. The first kappa shape index (κ1) is 11.0. The lowest BCUT2D eigenvalue weighted by Crippen LogP contribution is -2.31. The third-order valence-corrected chi connectivity index (χ3v) is 1.17. The van der Waals surface area contributed by atoms with Gasteiger partial charge in [-0.1, -0.05) is 6.08 Å². The summed E-state index contributed by atoms with van der Waals surface area (Å²) in [6.07, 6.45) is 5.93. The number of hydrogen-bond acceptors (Lipinski definition) is 2. The van der Waals surface area contributed by atoms with Gasteiger partial charge in [-0.25, -0.2) is 0 Å². The van der Waals surface area contributed by atoms with E-state index in [0.717, 1.165) is 11.9 Å². The van der Waals surface area contributed by atoms with Crippen molar-refractivity contribution < 1.29 is 4.79 Å². The van der Waals surface area contributed by atoms with Crippen molar-refractivity contribution in [3.8, 4) is 0 Å². The molecule has 0 aromatic rings. The molecule has 0 aliphatic rings. The van der Waals surface area contributed by atoms with Crippen LogP contribution in [0.15, 0.2) is 23.9 Å². The van der Waals surface area contributed by atoms with Crippen LogP contribution in [0.2, 0.25) is 0 Å². The zero-order valence-corrected chi connectivity index (χ0v) is 8.22. The Kier molecular flexibility index (Phi) is 4.34. The molecule has 12 heavy (non-hydrogen) atoms. The summed E-state index contributed by atoms with van der Waals surface area (Å²) in [4.78, 5) is 9.98. The minimum Gasteiger partial charge on any atom is -0.386 e. The van der Waals surface area contributed by atoms with E-state index in [-0.39, 0.29) is 5.54 Å². The Balaban J connectivity index is 4.01. The molecule has 0 saturated heterocycles. The molecule has 0 rings (SSSR count). The van der Waals surface area contributed by atoms with Crippen molar-refractivity contribution in [1.29, 1.82) is 0 Å². The first-order valence-corrected chi connectivity index (χ1v) is 4.02. The summed E-state index contributed by atoms with van der Waals surface area (Å²) in [6, 6.07) is 0. The first-order valence-electron chi connectivity index (χ1n) is 4.02. The Morgan fingerprint density at radius 2 is 1.92 bits per heavy atom. The van der Waals surface area contributed by atoms with Crippen LogP contribution in [0.4, 0.5) is 0 Å². The fraction of sp³-hybridized carbons (Fsp3) is 0.500. The normalized spacial score (nSPS) is 13.5. The topological polar surface area (TPSA) is 29.1 Å². The van der Waals surface area contributed by atoms with E-state index in [9.17, 15) is 4.79 Å². The van der Waals surface area contributed by atoms with Gasteiger partial charge in [-0.05, 0) is 45.5 Å². The van der Waals surface area contributed by atoms with Crippen molar-refractivity contribution in [3.63, 3.8) is 0 Å². The van der Waals surface area contributed by atoms with Gasteiger partial charge in [0, 0.05) is 5.54 Å². The second-order valence-electron chi connectivity index (χ2n) is 3.78. The summed E-state index contributed by atoms with van der Waals surface area (Å²) in [5, 5.41) is 3.20. The van der Waals surface area contributed by atoms with Gasteiger partial charge >= 0.3 is 0 Å². The Bertz CT molecular complexity index is 196. The van der Waals surface area contributed by atoms with Crippen LogP contribution in [0.1, 0.15) is 27.7 Å². The molecule has 0 aromatic carbocycles. The Morgan fingerprint density at radius 1 is 1.33 bits per heavy atom. The van der Waals surface area contributed by atoms with Gasteiger partial charge in [0.25, 0.3) is 0 Å². The van der Waals surface area contributed by atoms with Crippen molar-refractivity contribution in [2.45, 2.75) is 33.2 Å². The molecule has 0 fully saturated rings. The number of hydrogen-bond donors (Lipinski definition) is 1. The maximum atomic E-state index is 9.98. The van der Waals surface area contributed by atoms with Gasteiger partial charge in [-0.3, -0.25) is 4.79 Å². The van der Waals surface area contributed by atoms with Crippen LogP contribution >= 0.6 is 0 Å². The highest BCUT2D eigenvalue weighted by Gasteiger charge is 2.04. The number of aldehydes is 1. The SMILES string of the molecule is CC(/C=C/C=O)=C\NC(C)(C)C. The first-order chi connectivity index (χ1) is 5.45. The van der Waals surface area contributed by atoms with Gasteiger partial charge in [-0.2, -0.15) is 0 Å². The van der Waals surface area contributed by atoms with E-state index >= 15 is 0 Å². The molecule has 0 aliphatic heterocycles. The summed E-state index contributed by atoms with van der Waals surface area (Å²) in [7, 11) is 0. The van der Waals surface area contributed by atoms with E-state index in [1.807, 2.05) is 13.1 Å². The summed E-state index contributed by atoms with van der Waals surface area (Å²) in [5.41, 5.74) is 1.12. The third kappa shape index (κ3) is 7.06. The van der Waals surface area contributed by atoms with E-state index in [2.05, 4.69) is 26.1 Å². The zero-order valence-electron chi connectivity index (χ0n) is 8.22. The molecule has 0 saturated carbocycles. The van der Waals surface area contributed by atoms with E-state index in [1.54, 1.807) is 6.08 Å². The van der Waals surface area contributed by atoms with Gasteiger partial charge < -0.3 is 5.32 Å². The van der Waals surface area contributed by atoms with E-state index in [0.29, 0.717) is 0 Å². The van der Waals surface area contributed by atoms with E-state index < -0.39 is 0 Å². The Morgan fingerprint density at radius 3 is 2.33 bits per heavy atom. The fourth-order valence-corrected chi connectivity index (χ4v) is 0.570. The maximum Gasteiger partial charge on any atom is 0.142 e. The molecule has 0 spiro atoms. The van der Waals surface area contributed by atoms with Crippen molar-refractivity contribution in [2.75, 3.05) is 0 Å². The van der Waals surface area contributed by atoms with Gasteiger partial charge in [-0.15, -0.1) is 0 Å². The molecule has 68 valence electrons. The number of allylic oxidation sites excluding steroid dienone is 3. The predicted molar refractivity (Wildman–Crippen MR) is 51.8 cm³/mol. The van der Waals surface area contributed by atoms with Gasteiger partial charge in [0.1, 0.15) is 6.29 Å². The summed E-state index contributed by atoms with van der Waals surface area (Å²) >= 11 is 0. The lowest BCUT2D eigenvalue weighted by atomic mass is 10.1. The predicted octanol–water partition coefficient (Wildman–Crippen LogP) is 2.03. The fourth-order valence-electron chi connectivity index (χ4n) is 0.570. The Hall–Kier alpha value is -1.05. The van der Waals surface area contributed by atoms with Crippen LogP contribution in [0.25, 0.3) is 0 Å². The minimum absolute atomic E-state index is 0.0796. The van der Waals surface area contributed by atoms with Crippen molar-refractivity contribution >= 4 is 6.29 Å². The van der Waals surface area contributed by atoms with Crippen LogP contribution in [-0.4, -0.2) is 11.8 Å². The van der Waals surface area contributed by atoms with E-state index in [4.69, 9.17) is 0 Å². The van der Waals surface area contributed by atoms with Crippen LogP contribution in [0.5, 0.6) is 0 Å². The van der Waals surface area contributed by atoms with Gasteiger partial charge in [0.05, 0.1) is 0 Å². The van der Waals surface area contributed by atoms with Gasteiger partial charge in [0.15, 0.2) is 0 Å². The molecule has 2 heteroatoms. The molecule has 0 heterocycles. The van der Waals surface area contributed by atoms with Crippen LogP contribution < -0.4 is 5.32 Å². The number of rotatable bonds is 3. The summed E-state index contributed by atoms with van der Waals surface area (Å²) in [6.45, 7) is 8.19. The monoisotopic (exact) mass is 167 g/mol. The number of carbonyl (C=O) groups excluding carboxylic acids is 1. The largest absolute Gasteiger partial charge is 0.386 e. The molecule has 0 aromatic heterocycles. The third-order valence-electron chi connectivity index (χ3n) is 1.17. The number of carbonyl (C=O) groups is 1. The molecule has 0 amide bonds. The quantitative estimate of drug-likeness (QED) is 0.396. The average molecular weight is 167 g/mol. The highest BCUT2D eigenvalue weighted by molar-refractivity contribution is 5.65.